The fourth-order valence-corrected chi connectivity index (χ4v) is 2.75. The van der Waals surface area contributed by atoms with Crippen LogP contribution in [0.5, 0.6) is 0 Å². The Bertz CT molecular complexity index is 924. The van der Waals surface area contributed by atoms with Crippen molar-refractivity contribution >= 4 is 11.9 Å². The van der Waals surface area contributed by atoms with E-state index in [0.29, 0.717) is 5.56 Å². The molecule has 0 aliphatic heterocycles. The Morgan fingerprint density at radius 2 is 1.12 bits per heavy atom. The van der Waals surface area contributed by atoms with E-state index >= 15 is 0 Å². The van der Waals surface area contributed by atoms with Crippen molar-refractivity contribution in [2.45, 2.75) is 0 Å². The average Bonchev–Trinajstić information content (AvgIpc) is 2.61. The first-order valence-electron chi connectivity index (χ1n) is 7.30. The first kappa shape index (κ1) is 22.6. The van der Waals surface area contributed by atoms with Gasteiger partial charge < -0.3 is 19.8 Å². The van der Waals surface area contributed by atoms with Gasteiger partial charge in [-0.25, -0.2) is 0 Å². The Balaban J connectivity index is 0.00000169. The predicted octanol–water partition coefficient (Wildman–Crippen LogP) is -4.24. The zero-order chi connectivity index (χ0) is 17.1. The molecule has 0 heterocycles. The van der Waals surface area contributed by atoms with E-state index in [4.69, 9.17) is 0 Å². The van der Waals surface area contributed by atoms with Crippen LogP contribution in [0.15, 0.2) is 72.8 Å². The van der Waals surface area contributed by atoms with Crippen LogP contribution in [0.1, 0.15) is 20.7 Å². The molecule has 0 spiro atoms. The molecule has 6 heteroatoms. The van der Waals surface area contributed by atoms with Crippen LogP contribution < -0.4 is 69.3 Å². The second-order valence-corrected chi connectivity index (χ2v) is 5.21. The number of carboxylic acids is 2. The zero-order valence-electron chi connectivity index (χ0n) is 14.6. The number of hydrogen-bond acceptors (Lipinski definition) is 4. The largest absolute Gasteiger partial charge is 1.00 e. The second kappa shape index (κ2) is 10.1. The fourth-order valence-electron chi connectivity index (χ4n) is 2.75. The summed E-state index contributed by atoms with van der Waals surface area (Å²) in [6.45, 7) is 0. The van der Waals surface area contributed by atoms with Crippen molar-refractivity contribution in [3.8, 4) is 22.3 Å². The zero-order valence-corrected chi connectivity index (χ0v) is 18.6. The molecule has 0 amide bonds. The van der Waals surface area contributed by atoms with Crippen molar-refractivity contribution < 1.29 is 78.9 Å². The van der Waals surface area contributed by atoms with E-state index < -0.39 is 17.5 Å². The quantitative estimate of drug-likeness (QED) is 0.441. The van der Waals surface area contributed by atoms with Crippen molar-refractivity contribution in [2.75, 3.05) is 0 Å². The normalized spacial score (nSPS) is 9.54. The van der Waals surface area contributed by atoms with E-state index in [-0.39, 0.29) is 70.2 Å². The molecule has 0 saturated heterocycles. The first-order valence-corrected chi connectivity index (χ1v) is 7.30. The van der Waals surface area contributed by atoms with Crippen molar-refractivity contribution in [1.82, 2.24) is 0 Å². The maximum absolute atomic E-state index is 11.6. The van der Waals surface area contributed by atoms with Gasteiger partial charge in [0.05, 0.1) is 11.9 Å². The molecular formula is C20H12Na2O4. The number of hydrogen-bond donors (Lipinski definition) is 0. The maximum Gasteiger partial charge on any atom is 1.00 e. The van der Waals surface area contributed by atoms with Crippen molar-refractivity contribution in [2.24, 2.45) is 0 Å². The summed E-state index contributed by atoms with van der Waals surface area (Å²) in [6, 6.07) is 20.9. The van der Waals surface area contributed by atoms with Gasteiger partial charge in [-0.15, -0.1) is 0 Å². The molecule has 0 radical (unpaired) electrons. The van der Waals surface area contributed by atoms with Crippen molar-refractivity contribution in [3.63, 3.8) is 0 Å². The van der Waals surface area contributed by atoms with Crippen LogP contribution in [0.4, 0.5) is 0 Å². The number of carbonyl (C=O) groups is 2. The first-order chi connectivity index (χ1) is 11.6. The summed E-state index contributed by atoms with van der Waals surface area (Å²) < 4.78 is 0. The van der Waals surface area contributed by atoms with Crippen LogP contribution in [-0.2, 0) is 0 Å². The Morgan fingerprint density at radius 3 is 1.69 bits per heavy atom. The Labute approximate surface area is 195 Å². The number of aromatic carboxylic acids is 2. The molecular weight excluding hydrogens is 350 g/mol. The van der Waals surface area contributed by atoms with Gasteiger partial charge in [0.15, 0.2) is 0 Å². The Kier molecular flexibility index (Phi) is 8.77. The van der Waals surface area contributed by atoms with Gasteiger partial charge in [0, 0.05) is 11.1 Å². The molecule has 0 aliphatic rings. The van der Waals surface area contributed by atoms with E-state index in [2.05, 4.69) is 0 Å². The minimum atomic E-state index is -1.55. The van der Waals surface area contributed by atoms with Crippen LogP contribution in [0.2, 0.25) is 0 Å². The fraction of sp³-hybridized carbons (Fsp3) is 0. The molecule has 3 rings (SSSR count). The average molecular weight is 362 g/mol. The van der Waals surface area contributed by atoms with E-state index in [0.717, 1.165) is 11.1 Å². The van der Waals surface area contributed by atoms with E-state index in [1.165, 1.54) is 12.1 Å². The van der Waals surface area contributed by atoms with E-state index in [1.54, 1.807) is 18.2 Å². The molecule has 0 fully saturated rings. The van der Waals surface area contributed by atoms with Gasteiger partial charge in [-0.2, -0.15) is 0 Å². The van der Waals surface area contributed by atoms with Gasteiger partial charge in [-0.05, 0) is 22.3 Å². The minimum absolute atomic E-state index is 0. The molecule has 118 valence electrons. The summed E-state index contributed by atoms with van der Waals surface area (Å²) >= 11 is 0. The number of rotatable bonds is 4. The molecule has 3 aromatic rings. The summed E-state index contributed by atoms with van der Waals surface area (Å²) in [5, 5.41) is 22.8. The minimum Gasteiger partial charge on any atom is -0.545 e. The molecule has 3 aromatic carbocycles. The monoisotopic (exact) mass is 362 g/mol. The van der Waals surface area contributed by atoms with E-state index in [9.17, 15) is 19.8 Å². The third kappa shape index (κ3) is 4.65. The molecule has 0 unspecified atom stereocenters. The van der Waals surface area contributed by atoms with Crippen LogP contribution in [0.25, 0.3) is 22.3 Å². The molecule has 0 aromatic heterocycles. The number of carboxylic acid groups (broad SMARTS) is 2. The van der Waals surface area contributed by atoms with Crippen LogP contribution in [0, 0.1) is 0 Å². The molecule has 0 N–H and O–H groups in total. The smallest absolute Gasteiger partial charge is 0.545 e. The summed E-state index contributed by atoms with van der Waals surface area (Å²) in [7, 11) is 0. The second-order valence-electron chi connectivity index (χ2n) is 5.21. The van der Waals surface area contributed by atoms with Gasteiger partial charge in [0.2, 0.25) is 0 Å². The predicted molar refractivity (Wildman–Crippen MR) is 86.0 cm³/mol. The van der Waals surface area contributed by atoms with Gasteiger partial charge in [0.25, 0.3) is 0 Å². The SMILES string of the molecule is O=C([O-])c1cccc(-c2ccccc2-c2ccccc2)c1C(=O)[O-].[Na+].[Na+]. The van der Waals surface area contributed by atoms with Gasteiger partial charge >= 0.3 is 59.1 Å². The van der Waals surface area contributed by atoms with Gasteiger partial charge in [-0.3, -0.25) is 0 Å². The number of benzene rings is 3. The van der Waals surface area contributed by atoms with Crippen molar-refractivity contribution in [3.05, 3.63) is 83.9 Å². The number of carbonyl (C=O) groups excluding carboxylic acids is 2. The topological polar surface area (TPSA) is 80.3 Å². The maximum atomic E-state index is 11.6. The third-order valence-electron chi connectivity index (χ3n) is 3.79. The van der Waals surface area contributed by atoms with Gasteiger partial charge in [0.1, 0.15) is 0 Å². The summed E-state index contributed by atoms with van der Waals surface area (Å²) in [5.74, 6) is -3.10. The molecule has 4 nitrogen and oxygen atoms in total. The van der Waals surface area contributed by atoms with Crippen LogP contribution in [0.3, 0.4) is 0 Å². The molecule has 0 saturated carbocycles. The Morgan fingerprint density at radius 1 is 0.577 bits per heavy atom. The van der Waals surface area contributed by atoms with Crippen LogP contribution in [-0.4, -0.2) is 11.9 Å². The van der Waals surface area contributed by atoms with E-state index in [1.807, 2.05) is 42.5 Å². The molecule has 0 aliphatic carbocycles. The molecule has 0 bridgehead atoms. The Hall–Kier alpha value is -1.40. The summed E-state index contributed by atoms with van der Waals surface area (Å²) in [6.07, 6.45) is 0. The standard InChI is InChI=1S/C20H14O4.2Na/c21-19(22)17-12-6-11-16(18(17)20(23)24)15-10-5-4-9-14(15)13-7-2-1-3-8-13;;/h1-12H,(H,21,22)(H,23,24);;/q;2*+1/p-2. The van der Waals surface area contributed by atoms with Crippen LogP contribution >= 0.6 is 0 Å². The third-order valence-corrected chi connectivity index (χ3v) is 3.79. The molecule has 0 atom stereocenters. The van der Waals surface area contributed by atoms with Gasteiger partial charge in [-0.1, -0.05) is 72.8 Å². The summed E-state index contributed by atoms with van der Waals surface area (Å²) in [4.78, 5) is 22.8. The molecule has 26 heavy (non-hydrogen) atoms. The summed E-state index contributed by atoms with van der Waals surface area (Å²) in [5.41, 5.74) is 1.84. The van der Waals surface area contributed by atoms with Crippen molar-refractivity contribution in [1.29, 1.82) is 0 Å².